The average Bonchev–Trinajstić information content (AvgIpc) is 2.64. The van der Waals surface area contributed by atoms with Gasteiger partial charge in [-0.2, -0.15) is 0 Å². The molecule has 2 rings (SSSR count). The molecule has 0 N–H and O–H groups in total. The van der Waals surface area contributed by atoms with Crippen LogP contribution in [0.4, 0.5) is 0 Å². The Morgan fingerprint density at radius 2 is 2.23 bits per heavy atom. The van der Waals surface area contributed by atoms with E-state index in [4.69, 9.17) is 0 Å². The first-order valence-corrected chi connectivity index (χ1v) is 3.90. The van der Waals surface area contributed by atoms with E-state index in [2.05, 4.69) is 25.3 Å². The third-order valence-electron chi connectivity index (χ3n) is 1.71. The third-order valence-corrected chi connectivity index (χ3v) is 1.71. The molecule has 13 heavy (non-hydrogen) atoms. The second kappa shape index (κ2) is 2.96. The van der Waals surface area contributed by atoms with E-state index in [0.29, 0.717) is 6.54 Å². The van der Waals surface area contributed by atoms with Gasteiger partial charge in [0.05, 0.1) is 12.2 Å². The van der Waals surface area contributed by atoms with E-state index in [9.17, 15) is 0 Å². The summed E-state index contributed by atoms with van der Waals surface area (Å²) in [5.74, 6) is 0. The molecule has 0 radical (unpaired) electrons. The van der Waals surface area contributed by atoms with Gasteiger partial charge in [-0.3, -0.25) is 0 Å². The first-order valence-electron chi connectivity index (χ1n) is 3.90. The number of aryl methyl sites for hydroxylation is 2. The van der Waals surface area contributed by atoms with Crippen LogP contribution in [0.2, 0.25) is 0 Å². The fourth-order valence-corrected chi connectivity index (χ4v) is 1.02. The van der Waals surface area contributed by atoms with Crippen molar-refractivity contribution in [1.82, 2.24) is 25.3 Å². The monoisotopic (exact) mass is 179 g/mol. The van der Waals surface area contributed by atoms with E-state index in [-0.39, 0.29) is 0 Å². The van der Waals surface area contributed by atoms with Crippen LogP contribution in [0, 0.1) is 13.8 Å². The van der Waals surface area contributed by atoms with Crippen molar-refractivity contribution < 1.29 is 4.63 Å². The molecular weight excluding hydrogens is 170 g/mol. The largest absolute Gasteiger partial charge is 0.246 e. The highest BCUT2D eigenvalue weighted by Crippen LogP contribution is 2.02. The topological polar surface area (TPSA) is 69.6 Å². The maximum Gasteiger partial charge on any atom is 0.129 e. The van der Waals surface area contributed by atoms with Crippen molar-refractivity contribution in [3.63, 3.8) is 0 Å². The first kappa shape index (κ1) is 7.90. The van der Waals surface area contributed by atoms with Crippen LogP contribution >= 0.6 is 0 Å². The number of hydrogen-bond acceptors (Lipinski definition) is 5. The summed E-state index contributed by atoms with van der Waals surface area (Å²) in [5.41, 5.74) is 2.45. The Labute approximate surface area is 74.5 Å². The van der Waals surface area contributed by atoms with Gasteiger partial charge in [-0.1, -0.05) is 15.5 Å². The fourth-order valence-electron chi connectivity index (χ4n) is 1.02. The second-order valence-corrected chi connectivity index (χ2v) is 2.85. The molecular formula is C7H9N5O. The van der Waals surface area contributed by atoms with Crippen LogP contribution in [0.1, 0.15) is 17.1 Å². The molecule has 0 aromatic carbocycles. The lowest BCUT2D eigenvalue weighted by molar-refractivity contribution is 0.300. The average molecular weight is 179 g/mol. The molecule has 68 valence electrons. The molecule has 0 aliphatic heterocycles. The number of aromatic nitrogens is 5. The van der Waals surface area contributed by atoms with Gasteiger partial charge in [0.2, 0.25) is 0 Å². The lowest BCUT2D eigenvalue weighted by Gasteiger charge is -1.93. The minimum atomic E-state index is 0.552. The van der Waals surface area contributed by atoms with Crippen molar-refractivity contribution in [2.75, 3.05) is 0 Å². The number of rotatable bonds is 2. The van der Waals surface area contributed by atoms with Crippen LogP contribution in [0.3, 0.4) is 0 Å². The summed E-state index contributed by atoms with van der Waals surface area (Å²) in [7, 11) is 0. The van der Waals surface area contributed by atoms with Crippen LogP contribution in [0.25, 0.3) is 0 Å². The molecule has 0 aliphatic rings. The van der Waals surface area contributed by atoms with Crippen molar-refractivity contribution in [2.24, 2.45) is 0 Å². The third kappa shape index (κ3) is 1.56. The van der Waals surface area contributed by atoms with E-state index < -0.39 is 0 Å². The summed E-state index contributed by atoms with van der Waals surface area (Å²) in [6.45, 7) is 4.28. The maximum absolute atomic E-state index is 4.56. The fraction of sp³-hybridized carbons (Fsp3) is 0.429. The van der Waals surface area contributed by atoms with Gasteiger partial charge in [0.15, 0.2) is 0 Å². The quantitative estimate of drug-likeness (QED) is 0.664. The van der Waals surface area contributed by atoms with Crippen LogP contribution < -0.4 is 0 Å². The summed E-state index contributed by atoms with van der Waals surface area (Å²) < 4.78 is 6.26. The molecule has 6 heteroatoms. The number of nitrogens with zero attached hydrogens (tertiary/aromatic N) is 5. The van der Waals surface area contributed by atoms with Crippen LogP contribution in [0.15, 0.2) is 10.8 Å². The maximum atomic E-state index is 4.56. The SMILES string of the molecule is Cc1cn(Cc2nonc2C)nn1. The summed E-state index contributed by atoms with van der Waals surface area (Å²) in [5, 5.41) is 15.2. The Kier molecular flexibility index (Phi) is 1.80. The van der Waals surface area contributed by atoms with E-state index >= 15 is 0 Å². The Bertz CT molecular complexity index is 404. The van der Waals surface area contributed by atoms with E-state index in [1.54, 1.807) is 4.68 Å². The molecule has 0 fully saturated rings. The van der Waals surface area contributed by atoms with Crippen molar-refractivity contribution in [1.29, 1.82) is 0 Å². The molecule has 2 aromatic heterocycles. The van der Waals surface area contributed by atoms with Gasteiger partial charge in [0, 0.05) is 6.20 Å². The predicted octanol–water partition coefficient (Wildman–Crippen LogP) is 0.326. The van der Waals surface area contributed by atoms with Crippen molar-refractivity contribution >= 4 is 0 Å². The summed E-state index contributed by atoms with van der Waals surface area (Å²) in [6.07, 6.45) is 1.84. The molecule has 0 amide bonds. The van der Waals surface area contributed by atoms with Gasteiger partial charge >= 0.3 is 0 Å². The van der Waals surface area contributed by atoms with Gasteiger partial charge in [0.1, 0.15) is 11.4 Å². The van der Waals surface area contributed by atoms with E-state index in [0.717, 1.165) is 17.1 Å². The second-order valence-electron chi connectivity index (χ2n) is 2.85. The predicted molar refractivity (Wildman–Crippen MR) is 42.9 cm³/mol. The normalized spacial score (nSPS) is 10.6. The molecule has 0 atom stereocenters. The Hall–Kier alpha value is -1.72. The lowest BCUT2D eigenvalue weighted by atomic mass is 10.3. The zero-order valence-corrected chi connectivity index (χ0v) is 7.43. The zero-order valence-electron chi connectivity index (χ0n) is 7.43. The highest BCUT2D eigenvalue weighted by molar-refractivity contribution is 5.05. The van der Waals surface area contributed by atoms with Gasteiger partial charge in [-0.25, -0.2) is 9.31 Å². The van der Waals surface area contributed by atoms with Crippen LogP contribution in [-0.4, -0.2) is 25.3 Å². The van der Waals surface area contributed by atoms with Crippen molar-refractivity contribution in [2.45, 2.75) is 20.4 Å². The van der Waals surface area contributed by atoms with Gasteiger partial charge in [0.25, 0.3) is 0 Å². The Morgan fingerprint density at radius 3 is 2.77 bits per heavy atom. The molecule has 2 aromatic rings. The van der Waals surface area contributed by atoms with Crippen molar-refractivity contribution in [3.05, 3.63) is 23.3 Å². The minimum absolute atomic E-state index is 0.552. The number of hydrogen-bond donors (Lipinski definition) is 0. The van der Waals surface area contributed by atoms with E-state index in [1.807, 2.05) is 20.0 Å². The highest BCUT2D eigenvalue weighted by atomic mass is 16.6. The zero-order chi connectivity index (χ0) is 9.26. The molecule has 0 bridgehead atoms. The molecule has 0 saturated heterocycles. The smallest absolute Gasteiger partial charge is 0.129 e. The van der Waals surface area contributed by atoms with Gasteiger partial charge in [-0.15, -0.1) is 5.10 Å². The Morgan fingerprint density at radius 1 is 1.38 bits per heavy atom. The molecule has 0 aliphatic carbocycles. The molecule has 0 unspecified atom stereocenters. The van der Waals surface area contributed by atoms with Crippen LogP contribution in [0.5, 0.6) is 0 Å². The summed E-state index contributed by atoms with van der Waals surface area (Å²) in [6, 6.07) is 0. The van der Waals surface area contributed by atoms with E-state index in [1.165, 1.54) is 0 Å². The highest BCUT2D eigenvalue weighted by Gasteiger charge is 2.06. The first-order chi connectivity index (χ1) is 6.25. The Balaban J connectivity index is 2.19. The summed E-state index contributed by atoms with van der Waals surface area (Å²) in [4.78, 5) is 0. The molecule has 0 spiro atoms. The minimum Gasteiger partial charge on any atom is -0.246 e. The molecule has 0 saturated carbocycles. The van der Waals surface area contributed by atoms with Crippen molar-refractivity contribution in [3.8, 4) is 0 Å². The van der Waals surface area contributed by atoms with Crippen LogP contribution in [-0.2, 0) is 6.54 Å². The van der Waals surface area contributed by atoms with Gasteiger partial charge in [-0.05, 0) is 13.8 Å². The molecule has 6 nitrogen and oxygen atoms in total. The molecule has 2 heterocycles. The standard InChI is InChI=1S/C7H9N5O/c1-5-3-12(11-8-5)4-7-6(2)9-13-10-7/h3H,4H2,1-2H3. The van der Waals surface area contributed by atoms with Gasteiger partial charge < -0.3 is 0 Å². The summed E-state index contributed by atoms with van der Waals surface area (Å²) >= 11 is 0. The lowest BCUT2D eigenvalue weighted by Crippen LogP contribution is -2.02.